The molecule has 0 spiro atoms. The number of hydrogen-bond acceptors (Lipinski definition) is 2. The Labute approximate surface area is 127 Å². The van der Waals surface area contributed by atoms with Crippen LogP contribution in [0.25, 0.3) is 0 Å². The quantitative estimate of drug-likeness (QED) is 0.789. The van der Waals surface area contributed by atoms with Crippen LogP contribution in [0.5, 0.6) is 11.5 Å². The summed E-state index contributed by atoms with van der Waals surface area (Å²) in [4.78, 5) is 0. The third-order valence-corrected chi connectivity index (χ3v) is 3.96. The standard InChI is InChI=1S/C19H23NO/c1-2-11-20-14-15-5-3-8-18(12-15)21-19-10-9-16-6-4-7-17(16)13-19/h3,5,8-10,12-13,20H,2,4,6-7,11,14H2,1H3. The first kappa shape index (κ1) is 14.2. The summed E-state index contributed by atoms with van der Waals surface area (Å²) in [5.41, 5.74) is 4.20. The Bertz CT molecular complexity index is 606. The van der Waals surface area contributed by atoms with E-state index >= 15 is 0 Å². The van der Waals surface area contributed by atoms with Crippen LogP contribution in [0.2, 0.25) is 0 Å². The van der Waals surface area contributed by atoms with Crippen molar-refractivity contribution in [2.75, 3.05) is 6.54 Å². The smallest absolute Gasteiger partial charge is 0.127 e. The molecular weight excluding hydrogens is 258 g/mol. The van der Waals surface area contributed by atoms with Gasteiger partial charge in [0, 0.05) is 6.54 Å². The Morgan fingerprint density at radius 3 is 2.76 bits per heavy atom. The van der Waals surface area contributed by atoms with E-state index in [1.54, 1.807) is 0 Å². The summed E-state index contributed by atoms with van der Waals surface area (Å²) in [5.74, 6) is 1.87. The number of hydrogen-bond donors (Lipinski definition) is 1. The summed E-state index contributed by atoms with van der Waals surface area (Å²) in [6, 6.07) is 14.8. The zero-order chi connectivity index (χ0) is 14.5. The third-order valence-electron chi connectivity index (χ3n) is 3.96. The number of fused-ring (bicyclic) bond motifs is 1. The van der Waals surface area contributed by atoms with Crippen LogP contribution in [0, 0.1) is 0 Å². The molecule has 1 aliphatic carbocycles. The highest BCUT2D eigenvalue weighted by molar-refractivity contribution is 5.41. The van der Waals surface area contributed by atoms with Crippen molar-refractivity contribution >= 4 is 0 Å². The van der Waals surface area contributed by atoms with Gasteiger partial charge in [-0.2, -0.15) is 0 Å². The Kier molecular flexibility index (Phi) is 4.56. The molecule has 0 aliphatic heterocycles. The van der Waals surface area contributed by atoms with Crippen LogP contribution in [0.1, 0.15) is 36.5 Å². The molecule has 0 heterocycles. The minimum atomic E-state index is 0.898. The largest absolute Gasteiger partial charge is 0.457 e. The molecule has 1 aliphatic rings. The molecule has 110 valence electrons. The van der Waals surface area contributed by atoms with Crippen molar-refractivity contribution in [2.24, 2.45) is 0 Å². The second kappa shape index (κ2) is 6.77. The molecule has 0 saturated heterocycles. The van der Waals surface area contributed by atoms with Gasteiger partial charge < -0.3 is 10.1 Å². The molecule has 0 aromatic heterocycles. The Hall–Kier alpha value is -1.80. The maximum atomic E-state index is 6.02. The van der Waals surface area contributed by atoms with Crippen LogP contribution >= 0.6 is 0 Å². The van der Waals surface area contributed by atoms with E-state index in [9.17, 15) is 0 Å². The van der Waals surface area contributed by atoms with Crippen LogP contribution < -0.4 is 10.1 Å². The molecule has 2 heteroatoms. The molecule has 0 amide bonds. The monoisotopic (exact) mass is 281 g/mol. The first-order valence-corrected chi connectivity index (χ1v) is 7.94. The van der Waals surface area contributed by atoms with Crippen molar-refractivity contribution in [3.63, 3.8) is 0 Å². The fourth-order valence-corrected chi connectivity index (χ4v) is 2.88. The first-order valence-electron chi connectivity index (χ1n) is 7.94. The average molecular weight is 281 g/mol. The predicted octanol–water partition coefficient (Wildman–Crippen LogP) is 4.47. The Balaban J connectivity index is 1.68. The van der Waals surface area contributed by atoms with Gasteiger partial charge in [0.2, 0.25) is 0 Å². The van der Waals surface area contributed by atoms with E-state index in [1.807, 2.05) is 6.07 Å². The van der Waals surface area contributed by atoms with Crippen LogP contribution in [-0.4, -0.2) is 6.54 Å². The molecule has 0 fully saturated rings. The molecule has 0 atom stereocenters. The van der Waals surface area contributed by atoms with Crippen LogP contribution in [-0.2, 0) is 19.4 Å². The van der Waals surface area contributed by atoms with Crippen molar-refractivity contribution in [1.29, 1.82) is 0 Å². The molecular formula is C19H23NO. The van der Waals surface area contributed by atoms with E-state index in [0.717, 1.165) is 31.0 Å². The van der Waals surface area contributed by atoms with E-state index in [4.69, 9.17) is 4.74 Å². The molecule has 0 bridgehead atoms. The summed E-state index contributed by atoms with van der Waals surface area (Å²) in [6.45, 7) is 4.13. The lowest BCUT2D eigenvalue weighted by Crippen LogP contribution is -2.13. The normalized spacial score (nSPS) is 13.2. The minimum Gasteiger partial charge on any atom is -0.457 e. The third kappa shape index (κ3) is 3.64. The highest BCUT2D eigenvalue weighted by atomic mass is 16.5. The van der Waals surface area contributed by atoms with Crippen LogP contribution in [0.15, 0.2) is 42.5 Å². The number of aryl methyl sites for hydroxylation is 2. The maximum Gasteiger partial charge on any atom is 0.127 e. The van der Waals surface area contributed by atoms with Crippen molar-refractivity contribution < 1.29 is 4.74 Å². The highest BCUT2D eigenvalue weighted by Gasteiger charge is 2.11. The first-order chi connectivity index (χ1) is 10.3. The lowest BCUT2D eigenvalue weighted by molar-refractivity contribution is 0.481. The number of rotatable bonds is 6. The van der Waals surface area contributed by atoms with Gasteiger partial charge in [0.05, 0.1) is 0 Å². The van der Waals surface area contributed by atoms with Gasteiger partial charge in [-0.05, 0) is 73.2 Å². The van der Waals surface area contributed by atoms with Crippen LogP contribution in [0.3, 0.4) is 0 Å². The van der Waals surface area contributed by atoms with Gasteiger partial charge in [0.1, 0.15) is 11.5 Å². The predicted molar refractivity (Wildman–Crippen MR) is 87.0 cm³/mol. The van der Waals surface area contributed by atoms with Crippen molar-refractivity contribution in [2.45, 2.75) is 39.2 Å². The van der Waals surface area contributed by atoms with Gasteiger partial charge in [-0.25, -0.2) is 0 Å². The van der Waals surface area contributed by atoms with E-state index in [2.05, 4.69) is 48.6 Å². The van der Waals surface area contributed by atoms with Crippen molar-refractivity contribution in [3.05, 3.63) is 59.2 Å². The number of nitrogens with one attached hydrogen (secondary N) is 1. The zero-order valence-electron chi connectivity index (χ0n) is 12.7. The summed E-state index contributed by atoms with van der Waals surface area (Å²) in [7, 11) is 0. The summed E-state index contributed by atoms with van der Waals surface area (Å²) < 4.78 is 6.02. The highest BCUT2D eigenvalue weighted by Crippen LogP contribution is 2.29. The topological polar surface area (TPSA) is 21.3 Å². The maximum absolute atomic E-state index is 6.02. The molecule has 3 rings (SSSR count). The van der Waals surface area contributed by atoms with Gasteiger partial charge >= 0.3 is 0 Å². The molecule has 2 aromatic rings. The van der Waals surface area contributed by atoms with E-state index in [-0.39, 0.29) is 0 Å². The summed E-state index contributed by atoms with van der Waals surface area (Å²) in [5, 5.41) is 3.42. The van der Waals surface area contributed by atoms with Gasteiger partial charge in [0.25, 0.3) is 0 Å². The molecule has 1 N–H and O–H groups in total. The molecule has 2 aromatic carbocycles. The molecule has 21 heavy (non-hydrogen) atoms. The van der Waals surface area contributed by atoms with Gasteiger partial charge in [0.15, 0.2) is 0 Å². The minimum absolute atomic E-state index is 0.898. The lowest BCUT2D eigenvalue weighted by Gasteiger charge is -2.10. The van der Waals surface area contributed by atoms with Gasteiger partial charge in [-0.1, -0.05) is 25.1 Å². The zero-order valence-corrected chi connectivity index (χ0v) is 12.7. The second-order valence-corrected chi connectivity index (χ2v) is 5.71. The lowest BCUT2D eigenvalue weighted by atomic mass is 10.1. The summed E-state index contributed by atoms with van der Waals surface area (Å²) in [6.07, 6.45) is 4.84. The Morgan fingerprint density at radius 2 is 1.86 bits per heavy atom. The van der Waals surface area contributed by atoms with Crippen molar-refractivity contribution in [3.8, 4) is 11.5 Å². The Morgan fingerprint density at radius 1 is 1.00 bits per heavy atom. The second-order valence-electron chi connectivity index (χ2n) is 5.71. The average Bonchev–Trinajstić information content (AvgIpc) is 2.95. The molecule has 2 nitrogen and oxygen atoms in total. The molecule has 0 radical (unpaired) electrons. The SMILES string of the molecule is CCCNCc1cccc(Oc2ccc3c(c2)CCC3)c1. The van der Waals surface area contributed by atoms with Crippen molar-refractivity contribution in [1.82, 2.24) is 5.32 Å². The van der Waals surface area contributed by atoms with E-state index in [1.165, 1.54) is 36.0 Å². The fraction of sp³-hybridized carbons (Fsp3) is 0.368. The fourth-order valence-electron chi connectivity index (χ4n) is 2.88. The molecule has 0 saturated carbocycles. The van der Waals surface area contributed by atoms with E-state index < -0.39 is 0 Å². The van der Waals surface area contributed by atoms with Crippen LogP contribution in [0.4, 0.5) is 0 Å². The number of ether oxygens (including phenoxy) is 1. The van der Waals surface area contributed by atoms with E-state index in [0.29, 0.717) is 0 Å². The van der Waals surface area contributed by atoms with Gasteiger partial charge in [-0.3, -0.25) is 0 Å². The summed E-state index contributed by atoms with van der Waals surface area (Å²) >= 11 is 0. The molecule has 0 unspecified atom stereocenters. The number of benzene rings is 2. The van der Waals surface area contributed by atoms with Gasteiger partial charge in [-0.15, -0.1) is 0 Å².